The molecule has 23 heavy (non-hydrogen) atoms. The Morgan fingerprint density at radius 2 is 1.96 bits per heavy atom. The third-order valence-corrected chi connectivity index (χ3v) is 3.95. The van der Waals surface area contributed by atoms with Crippen LogP contribution in [-0.4, -0.2) is 29.9 Å². The van der Waals surface area contributed by atoms with E-state index in [0.29, 0.717) is 18.8 Å². The van der Waals surface area contributed by atoms with Gasteiger partial charge in [-0.2, -0.15) is 0 Å². The first kappa shape index (κ1) is 17.1. The van der Waals surface area contributed by atoms with Gasteiger partial charge in [0.2, 0.25) is 11.8 Å². The number of rotatable bonds is 7. The van der Waals surface area contributed by atoms with E-state index in [4.69, 9.17) is 0 Å². The van der Waals surface area contributed by atoms with Crippen LogP contribution < -0.4 is 10.6 Å². The number of amides is 2. The monoisotopic (exact) mass is 315 g/mol. The van der Waals surface area contributed by atoms with E-state index in [1.165, 1.54) is 0 Å². The number of hydrogen-bond donors (Lipinski definition) is 3. The van der Waals surface area contributed by atoms with Crippen molar-refractivity contribution in [3.05, 3.63) is 36.0 Å². The Balaban J connectivity index is 2.09. The van der Waals surface area contributed by atoms with Crippen LogP contribution in [0.5, 0.6) is 0 Å². The Hall–Kier alpha value is -2.30. The normalized spacial score (nSPS) is 12.3. The Labute approximate surface area is 136 Å². The molecule has 2 aromatic rings. The van der Waals surface area contributed by atoms with Crippen LogP contribution in [0.25, 0.3) is 10.9 Å². The summed E-state index contributed by atoms with van der Waals surface area (Å²) in [6.45, 7) is 4.16. The van der Waals surface area contributed by atoms with E-state index >= 15 is 0 Å². The topological polar surface area (TPSA) is 74.0 Å². The molecular weight excluding hydrogens is 290 g/mol. The lowest BCUT2D eigenvalue weighted by molar-refractivity contribution is -0.128. The summed E-state index contributed by atoms with van der Waals surface area (Å²) in [5, 5.41) is 6.57. The largest absolute Gasteiger partial charge is 0.361 e. The fraction of sp³-hybridized carbons (Fsp3) is 0.444. The standard InChI is InChI=1S/C18H25N3O2/c1-12(2)8-9-17(22)21-16(18(23)19-3)10-13-11-20-15-7-5-4-6-14(13)15/h4-7,11-12,16,20H,8-10H2,1-3H3,(H,19,23)(H,21,22)/t16-/m0/s1. The van der Waals surface area contributed by atoms with Gasteiger partial charge in [0.25, 0.3) is 0 Å². The molecule has 0 aliphatic heterocycles. The number of likely N-dealkylation sites (N-methyl/N-ethyl adjacent to an activating group) is 1. The minimum absolute atomic E-state index is 0.0767. The molecule has 0 saturated heterocycles. The van der Waals surface area contributed by atoms with Crippen molar-refractivity contribution in [1.82, 2.24) is 15.6 Å². The molecule has 1 aromatic heterocycles. The van der Waals surface area contributed by atoms with Gasteiger partial charge in [0.15, 0.2) is 0 Å². The number of fused-ring (bicyclic) bond motifs is 1. The van der Waals surface area contributed by atoms with E-state index in [9.17, 15) is 9.59 Å². The predicted octanol–water partition coefficient (Wildman–Crippen LogP) is 2.38. The molecule has 0 saturated carbocycles. The zero-order chi connectivity index (χ0) is 16.8. The highest BCUT2D eigenvalue weighted by molar-refractivity contribution is 5.89. The lowest BCUT2D eigenvalue weighted by Gasteiger charge is -2.17. The summed E-state index contributed by atoms with van der Waals surface area (Å²) in [4.78, 5) is 27.4. The van der Waals surface area contributed by atoms with Gasteiger partial charge in [0.05, 0.1) is 0 Å². The zero-order valence-electron chi connectivity index (χ0n) is 14.0. The second-order valence-electron chi connectivity index (χ2n) is 6.23. The van der Waals surface area contributed by atoms with Gasteiger partial charge < -0.3 is 15.6 Å². The molecule has 5 nitrogen and oxygen atoms in total. The molecule has 0 bridgehead atoms. The quantitative estimate of drug-likeness (QED) is 0.734. The van der Waals surface area contributed by atoms with Crippen molar-refractivity contribution >= 4 is 22.7 Å². The maximum absolute atomic E-state index is 12.1. The van der Waals surface area contributed by atoms with Gasteiger partial charge in [-0.25, -0.2) is 0 Å². The van der Waals surface area contributed by atoms with Crippen LogP contribution in [0.3, 0.4) is 0 Å². The van der Waals surface area contributed by atoms with Gasteiger partial charge in [-0.1, -0.05) is 32.0 Å². The first-order valence-corrected chi connectivity index (χ1v) is 8.07. The van der Waals surface area contributed by atoms with Gasteiger partial charge in [0, 0.05) is 37.0 Å². The van der Waals surface area contributed by atoms with Crippen LogP contribution in [0.4, 0.5) is 0 Å². The second kappa shape index (κ2) is 7.81. The fourth-order valence-electron chi connectivity index (χ4n) is 2.59. The molecular formula is C18H25N3O2. The Bertz CT molecular complexity index is 676. The lowest BCUT2D eigenvalue weighted by atomic mass is 10.0. The maximum Gasteiger partial charge on any atom is 0.242 e. The van der Waals surface area contributed by atoms with Gasteiger partial charge in [-0.3, -0.25) is 9.59 Å². The van der Waals surface area contributed by atoms with Crippen LogP contribution in [0.2, 0.25) is 0 Å². The summed E-state index contributed by atoms with van der Waals surface area (Å²) >= 11 is 0. The number of carbonyl (C=O) groups is 2. The third-order valence-electron chi connectivity index (χ3n) is 3.95. The molecule has 0 aliphatic carbocycles. The van der Waals surface area contributed by atoms with Gasteiger partial charge in [-0.15, -0.1) is 0 Å². The minimum Gasteiger partial charge on any atom is -0.361 e. The van der Waals surface area contributed by atoms with E-state index < -0.39 is 6.04 Å². The SMILES string of the molecule is CNC(=O)[C@H](Cc1c[nH]c2ccccc12)NC(=O)CCC(C)C. The Kier molecular flexibility index (Phi) is 5.79. The van der Waals surface area contributed by atoms with Crippen LogP contribution in [0, 0.1) is 5.92 Å². The van der Waals surface area contributed by atoms with Crippen LogP contribution in [0.1, 0.15) is 32.3 Å². The molecule has 2 rings (SSSR count). The second-order valence-corrected chi connectivity index (χ2v) is 6.23. The number of aromatic nitrogens is 1. The predicted molar refractivity (Wildman–Crippen MR) is 92.1 cm³/mol. The fourth-order valence-corrected chi connectivity index (χ4v) is 2.59. The molecule has 1 atom stereocenters. The average molecular weight is 315 g/mol. The molecule has 0 unspecified atom stereocenters. The van der Waals surface area contributed by atoms with Crippen molar-refractivity contribution < 1.29 is 9.59 Å². The summed E-state index contributed by atoms with van der Waals surface area (Å²) in [6.07, 6.45) is 3.64. The zero-order valence-corrected chi connectivity index (χ0v) is 14.0. The number of para-hydroxylation sites is 1. The highest BCUT2D eigenvalue weighted by atomic mass is 16.2. The van der Waals surface area contributed by atoms with Gasteiger partial charge in [0.1, 0.15) is 6.04 Å². The third kappa shape index (κ3) is 4.58. The maximum atomic E-state index is 12.1. The lowest BCUT2D eigenvalue weighted by Crippen LogP contribution is -2.47. The molecule has 124 valence electrons. The van der Waals surface area contributed by atoms with E-state index in [2.05, 4.69) is 29.5 Å². The number of H-pyrrole nitrogens is 1. The van der Waals surface area contributed by atoms with Gasteiger partial charge in [-0.05, 0) is 24.0 Å². The van der Waals surface area contributed by atoms with Crippen molar-refractivity contribution in [3.8, 4) is 0 Å². The number of aromatic amines is 1. The molecule has 3 N–H and O–H groups in total. The van der Waals surface area contributed by atoms with Gasteiger partial charge >= 0.3 is 0 Å². The Morgan fingerprint density at radius 1 is 1.22 bits per heavy atom. The summed E-state index contributed by atoms with van der Waals surface area (Å²) in [5.74, 6) is 0.216. The molecule has 1 aromatic carbocycles. The number of nitrogens with one attached hydrogen (secondary N) is 3. The van der Waals surface area contributed by atoms with Crippen molar-refractivity contribution in [3.63, 3.8) is 0 Å². The molecule has 2 amide bonds. The summed E-state index contributed by atoms with van der Waals surface area (Å²) in [7, 11) is 1.59. The molecule has 1 heterocycles. The van der Waals surface area contributed by atoms with Crippen molar-refractivity contribution in [2.24, 2.45) is 5.92 Å². The summed E-state index contributed by atoms with van der Waals surface area (Å²) in [5.41, 5.74) is 2.06. The first-order chi connectivity index (χ1) is 11.0. The van der Waals surface area contributed by atoms with Crippen LogP contribution >= 0.6 is 0 Å². The first-order valence-electron chi connectivity index (χ1n) is 8.07. The molecule has 5 heteroatoms. The highest BCUT2D eigenvalue weighted by Crippen LogP contribution is 2.19. The van der Waals surface area contributed by atoms with E-state index in [1.807, 2.05) is 30.5 Å². The van der Waals surface area contributed by atoms with E-state index in [0.717, 1.165) is 22.9 Å². The summed E-state index contributed by atoms with van der Waals surface area (Å²) < 4.78 is 0. The smallest absolute Gasteiger partial charge is 0.242 e. The van der Waals surface area contributed by atoms with E-state index in [1.54, 1.807) is 7.05 Å². The number of hydrogen-bond acceptors (Lipinski definition) is 2. The molecule has 0 spiro atoms. The molecule has 0 fully saturated rings. The molecule has 0 aliphatic rings. The minimum atomic E-state index is -0.557. The van der Waals surface area contributed by atoms with E-state index in [-0.39, 0.29) is 11.8 Å². The number of benzene rings is 1. The van der Waals surface area contributed by atoms with Crippen molar-refractivity contribution in [2.45, 2.75) is 39.2 Å². The van der Waals surface area contributed by atoms with Crippen LogP contribution in [-0.2, 0) is 16.0 Å². The van der Waals surface area contributed by atoms with Crippen molar-refractivity contribution in [1.29, 1.82) is 0 Å². The Morgan fingerprint density at radius 3 is 2.65 bits per heavy atom. The summed E-state index contributed by atoms with van der Waals surface area (Å²) in [6, 6.07) is 7.39. The highest BCUT2D eigenvalue weighted by Gasteiger charge is 2.21. The van der Waals surface area contributed by atoms with Crippen LogP contribution in [0.15, 0.2) is 30.5 Å². The number of carbonyl (C=O) groups excluding carboxylic acids is 2. The van der Waals surface area contributed by atoms with Crippen molar-refractivity contribution in [2.75, 3.05) is 7.05 Å². The molecule has 0 radical (unpaired) electrons. The average Bonchev–Trinajstić information content (AvgIpc) is 2.95.